The van der Waals surface area contributed by atoms with Gasteiger partial charge in [-0.1, -0.05) is 35.6 Å². The molecule has 1 aliphatic rings. The number of carbonyl (C=O) groups excluding carboxylic acids is 1. The van der Waals surface area contributed by atoms with Gasteiger partial charge in [-0.05, 0) is 25.1 Å². The molecule has 6 nitrogen and oxygen atoms in total. The fourth-order valence-corrected chi connectivity index (χ4v) is 3.76. The predicted octanol–water partition coefficient (Wildman–Crippen LogP) is 1.28. The van der Waals surface area contributed by atoms with Gasteiger partial charge in [0.25, 0.3) is 0 Å². The maximum Gasteiger partial charge on any atom is 0.307 e. The number of likely N-dealkylation sites (N-methyl/N-ethyl adjacent to an activating group) is 1. The smallest absolute Gasteiger partial charge is 0.307 e. The molecule has 0 atom stereocenters. The summed E-state index contributed by atoms with van der Waals surface area (Å²) in [6, 6.07) is 8.39. The van der Waals surface area contributed by atoms with E-state index in [0.717, 1.165) is 55.3 Å². The average molecular weight is 375 g/mol. The van der Waals surface area contributed by atoms with Crippen LogP contribution in [0.3, 0.4) is 0 Å². The molecule has 1 aliphatic heterocycles. The summed E-state index contributed by atoms with van der Waals surface area (Å²) in [5.41, 5.74) is 3.18. The summed E-state index contributed by atoms with van der Waals surface area (Å²) in [4.78, 5) is 28.5. The molecule has 0 radical (unpaired) electrons. The summed E-state index contributed by atoms with van der Waals surface area (Å²) in [5, 5.41) is 4.66. The SMILES string of the molecule is Cc1csc(=O)n1CC(=O)NCc1ccc(CN2CCN(C)CC2)cc1. The highest BCUT2D eigenvalue weighted by Gasteiger charge is 2.13. The Morgan fingerprint density at radius 1 is 1.12 bits per heavy atom. The first kappa shape index (κ1) is 18.8. The normalized spacial score (nSPS) is 15.9. The van der Waals surface area contributed by atoms with Crippen LogP contribution in [0.4, 0.5) is 0 Å². The van der Waals surface area contributed by atoms with Crippen molar-refractivity contribution in [1.29, 1.82) is 0 Å². The third-order valence-electron chi connectivity index (χ3n) is 4.79. The van der Waals surface area contributed by atoms with Gasteiger partial charge >= 0.3 is 4.87 Å². The van der Waals surface area contributed by atoms with E-state index < -0.39 is 0 Å². The lowest BCUT2D eigenvalue weighted by atomic mass is 10.1. The van der Waals surface area contributed by atoms with Crippen LogP contribution < -0.4 is 10.2 Å². The lowest BCUT2D eigenvalue weighted by molar-refractivity contribution is -0.121. The van der Waals surface area contributed by atoms with Crippen molar-refractivity contribution in [1.82, 2.24) is 19.7 Å². The van der Waals surface area contributed by atoms with Gasteiger partial charge in [-0.2, -0.15) is 0 Å². The maximum atomic E-state index is 12.1. The zero-order chi connectivity index (χ0) is 18.5. The first-order valence-corrected chi connectivity index (χ1v) is 9.79. The second-order valence-corrected chi connectivity index (χ2v) is 7.72. The highest BCUT2D eigenvalue weighted by Crippen LogP contribution is 2.10. The summed E-state index contributed by atoms with van der Waals surface area (Å²) in [7, 11) is 2.16. The molecule has 1 fully saturated rings. The Hall–Kier alpha value is -1.96. The molecule has 0 spiro atoms. The molecule has 0 aliphatic carbocycles. The Morgan fingerprint density at radius 3 is 2.38 bits per heavy atom. The van der Waals surface area contributed by atoms with Gasteiger partial charge in [0, 0.05) is 50.3 Å². The number of carbonyl (C=O) groups is 1. The minimum atomic E-state index is -0.143. The van der Waals surface area contributed by atoms with Crippen LogP contribution in [0.5, 0.6) is 0 Å². The second kappa shape index (κ2) is 8.62. The molecule has 2 heterocycles. The first-order valence-electron chi connectivity index (χ1n) is 8.91. The monoisotopic (exact) mass is 374 g/mol. The number of nitrogens with one attached hydrogen (secondary N) is 1. The highest BCUT2D eigenvalue weighted by molar-refractivity contribution is 7.07. The molecule has 0 bridgehead atoms. The van der Waals surface area contributed by atoms with Crippen molar-refractivity contribution in [2.75, 3.05) is 33.2 Å². The van der Waals surface area contributed by atoms with E-state index in [1.807, 2.05) is 6.92 Å². The van der Waals surface area contributed by atoms with E-state index in [9.17, 15) is 9.59 Å². The van der Waals surface area contributed by atoms with Gasteiger partial charge in [0.1, 0.15) is 6.54 Å². The van der Waals surface area contributed by atoms with Crippen molar-refractivity contribution >= 4 is 17.2 Å². The summed E-state index contributed by atoms with van der Waals surface area (Å²) in [5.74, 6) is -0.143. The zero-order valence-electron chi connectivity index (χ0n) is 15.4. The van der Waals surface area contributed by atoms with Crippen molar-refractivity contribution in [2.24, 2.45) is 0 Å². The molecular weight excluding hydrogens is 348 g/mol. The zero-order valence-corrected chi connectivity index (χ0v) is 16.2. The number of thiazole rings is 1. The molecule has 1 N–H and O–H groups in total. The number of benzene rings is 1. The lowest BCUT2D eigenvalue weighted by Gasteiger charge is -2.32. The lowest BCUT2D eigenvalue weighted by Crippen LogP contribution is -2.43. The van der Waals surface area contributed by atoms with Crippen molar-refractivity contribution in [2.45, 2.75) is 26.6 Å². The van der Waals surface area contributed by atoms with E-state index in [4.69, 9.17) is 0 Å². The molecule has 1 amide bonds. The third-order valence-corrected chi connectivity index (χ3v) is 5.67. The number of amides is 1. The van der Waals surface area contributed by atoms with E-state index in [0.29, 0.717) is 6.54 Å². The summed E-state index contributed by atoms with van der Waals surface area (Å²) in [6.45, 7) is 7.82. The van der Waals surface area contributed by atoms with Gasteiger partial charge in [-0.25, -0.2) is 0 Å². The van der Waals surface area contributed by atoms with Crippen LogP contribution in [-0.2, 0) is 24.4 Å². The van der Waals surface area contributed by atoms with E-state index in [1.54, 1.807) is 5.38 Å². The molecule has 3 rings (SSSR count). The van der Waals surface area contributed by atoms with E-state index in [1.165, 1.54) is 10.1 Å². The van der Waals surface area contributed by atoms with Gasteiger partial charge in [0.15, 0.2) is 0 Å². The van der Waals surface area contributed by atoms with Gasteiger partial charge < -0.3 is 10.2 Å². The fourth-order valence-electron chi connectivity index (χ4n) is 3.02. The Labute approximate surface area is 158 Å². The number of hydrogen-bond acceptors (Lipinski definition) is 5. The molecule has 1 aromatic heterocycles. The number of rotatable bonds is 6. The summed E-state index contributed by atoms with van der Waals surface area (Å²) in [6.07, 6.45) is 0. The fraction of sp³-hybridized carbons (Fsp3) is 0.474. The molecule has 0 saturated carbocycles. The minimum absolute atomic E-state index is 0.0790. The van der Waals surface area contributed by atoms with E-state index >= 15 is 0 Å². The number of nitrogens with zero attached hydrogens (tertiary/aromatic N) is 3. The van der Waals surface area contributed by atoms with Crippen LogP contribution in [0.2, 0.25) is 0 Å². The molecular formula is C19H26N4O2S. The van der Waals surface area contributed by atoms with Crippen LogP contribution in [-0.4, -0.2) is 53.5 Å². The maximum absolute atomic E-state index is 12.1. The Bertz CT molecular complexity index is 789. The van der Waals surface area contributed by atoms with Gasteiger partial charge in [0.05, 0.1) is 0 Å². The second-order valence-electron chi connectivity index (χ2n) is 6.90. The molecule has 140 valence electrons. The van der Waals surface area contributed by atoms with Crippen molar-refractivity contribution in [3.05, 3.63) is 56.1 Å². The number of aryl methyl sites for hydroxylation is 1. The van der Waals surface area contributed by atoms with Gasteiger partial charge in [0.2, 0.25) is 5.91 Å². The predicted molar refractivity (Wildman–Crippen MR) is 104 cm³/mol. The summed E-state index contributed by atoms with van der Waals surface area (Å²) >= 11 is 1.12. The minimum Gasteiger partial charge on any atom is -0.350 e. The molecule has 26 heavy (non-hydrogen) atoms. The first-order chi connectivity index (χ1) is 12.5. The highest BCUT2D eigenvalue weighted by atomic mass is 32.1. The van der Waals surface area contributed by atoms with E-state index in [-0.39, 0.29) is 17.3 Å². The molecule has 0 unspecified atom stereocenters. The van der Waals surface area contributed by atoms with Crippen LogP contribution in [0.25, 0.3) is 0 Å². The van der Waals surface area contributed by atoms with E-state index in [2.05, 4.69) is 46.4 Å². The summed E-state index contributed by atoms with van der Waals surface area (Å²) < 4.78 is 1.50. The largest absolute Gasteiger partial charge is 0.350 e. The Kier molecular flexibility index (Phi) is 6.24. The third kappa shape index (κ3) is 5.03. The number of hydrogen-bond donors (Lipinski definition) is 1. The van der Waals surface area contributed by atoms with Crippen molar-refractivity contribution < 1.29 is 4.79 Å². The number of aromatic nitrogens is 1. The quantitative estimate of drug-likeness (QED) is 0.828. The molecule has 7 heteroatoms. The molecule has 1 aromatic carbocycles. The topological polar surface area (TPSA) is 57.6 Å². The van der Waals surface area contributed by atoms with Gasteiger partial charge in [-0.3, -0.25) is 19.1 Å². The van der Waals surface area contributed by atoms with Crippen LogP contribution >= 0.6 is 11.3 Å². The Morgan fingerprint density at radius 2 is 1.77 bits per heavy atom. The van der Waals surface area contributed by atoms with Crippen molar-refractivity contribution in [3.63, 3.8) is 0 Å². The van der Waals surface area contributed by atoms with Crippen LogP contribution in [0.15, 0.2) is 34.4 Å². The molecule has 1 saturated heterocycles. The van der Waals surface area contributed by atoms with Crippen molar-refractivity contribution in [3.8, 4) is 0 Å². The molecule has 2 aromatic rings. The van der Waals surface area contributed by atoms with Gasteiger partial charge in [-0.15, -0.1) is 0 Å². The average Bonchev–Trinajstić information content (AvgIpc) is 2.95. The van der Waals surface area contributed by atoms with Crippen LogP contribution in [0.1, 0.15) is 16.8 Å². The standard InChI is InChI=1S/C19H26N4O2S/c1-15-14-26-19(25)23(15)13-18(24)20-11-16-3-5-17(6-4-16)12-22-9-7-21(2)8-10-22/h3-6,14H,7-13H2,1-2H3,(H,20,24). The number of piperazine rings is 1. The van der Waals surface area contributed by atoms with Crippen LogP contribution in [0, 0.1) is 6.92 Å². The Balaban J connectivity index is 1.47.